The number of nitrogens with two attached hydrogens (primary N) is 2. The summed E-state index contributed by atoms with van der Waals surface area (Å²) in [5.41, 5.74) is 10.7. The lowest BCUT2D eigenvalue weighted by atomic mass is 9.92. The molecule has 1 atom stereocenters. The Balaban J connectivity index is 2.26. The maximum atomic E-state index is 11.8. The standard InChI is InChI=1S/C13H17N5O2S/c1-2-18-11(20)16-17-12(18)21-8-13(15,10(14)19)9-6-4-3-5-7-9/h3-7H,2,8,15H2,1H3,(H2,14,19)(H,16,20). The number of carbonyl (C=O) groups excluding carboxylic acids is 1. The van der Waals surface area contributed by atoms with Crippen molar-refractivity contribution in [2.75, 3.05) is 5.75 Å². The monoisotopic (exact) mass is 307 g/mol. The van der Waals surface area contributed by atoms with Gasteiger partial charge in [-0.15, -0.1) is 5.10 Å². The van der Waals surface area contributed by atoms with Crippen LogP contribution in [0.3, 0.4) is 0 Å². The average Bonchev–Trinajstić information content (AvgIpc) is 2.85. The van der Waals surface area contributed by atoms with Gasteiger partial charge in [0.2, 0.25) is 5.91 Å². The van der Waals surface area contributed by atoms with Crippen LogP contribution in [0.4, 0.5) is 0 Å². The quantitative estimate of drug-likeness (QED) is 0.650. The number of nitrogens with one attached hydrogen (secondary N) is 1. The summed E-state index contributed by atoms with van der Waals surface area (Å²) in [4.78, 5) is 23.3. The lowest BCUT2D eigenvalue weighted by Crippen LogP contribution is -2.51. The van der Waals surface area contributed by atoms with Crippen LogP contribution >= 0.6 is 11.8 Å². The molecule has 5 N–H and O–H groups in total. The SMILES string of the molecule is CCn1c(SCC(N)(C(N)=O)c2ccccc2)n[nH]c1=O. The molecule has 0 spiro atoms. The minimum absolute atomic E-state index is 0.191. The molecule has 0 aliphatic carbocycles. The number of nitrogens with zero attached hydrogens (tertiary/aromatic N) is 2. The van der Waals surface area contributed by atoms with Crippen LogP contribution in [0.25, 0.3) is 0 Å². The maximum absolute atomic E-state index is 11.8. The molecule has 0 aliphatic rings. The van der Waals surface area contributed by atoms with Gasteiger partial charge in [0.25, 0.3) is 0 Å². The molecule has 0 radical (unpaired) electrons. The topological polar surface area (TPSA) is 120 Å². The fraction of sp³-hybridized carbons (Fsp3) is 0.308. The van der Waals surface area contributed by atoms with Crippen LogP contribution in [-0.4, -0.2) is 26.4 Å². The highest BCUT2D eigenvalue weighted by atomic mass is 32.2. The molecule has 0 saturated carbocycles. The Morgan fingerprint density at radius 3 is 2.67 bits per heavy atom. The van der Waals surface area contributed by atoms with E-state index >= 15 is 0 Å². The number of hydrogen-bond donors (Lipinski definition) is 3. The van der Waals surface area contributed by atoms with Gasteiger partial charge in [0.1, 0.15) is 5.54 Å². The van der Waals surface area contributed by atoms with E-state index in [4.69, 9.17) is 11.5 Å². The van der Waals surface area contributed by atoms with Crippen molar-refractivity contribution in [3.8, 4) is 0 Å². The highest BCUT2D eigenvalue weighted by molar-refractivity contribution is 7.99. The fourth-order valence-corrected chi connectivity index (χ4v) is 3.05. The number of benzene rings is 1. The minimum atomic E-state index is -1.32. The second-order valence-corrected chi connectivity index (χ2v) is 5.49. The van der Waals surface area contributed by atoms with Crippen LogP contribution in [-0.2, 0) is 16.9 Å². The summed E-state index contributed by atoms with van der Waals surface area (Å²) < 4.78 is 1.47. The zero-order valence-corrected chi connectivity index (χ0v) is 12.4. The zero-order chi connectivity index (χ0) is 15.5. The van der Waals surface area contributed by atoms with Gasteiger partial charge in [-0.1, -0.05) is 42.1 Å². The normalized spacial score (nSPS) is 13.8. The molecule has 0 fully saturated rings. The van der Waals surface area contributed by atoms with Crippen LogP contribution in [0.1, 0.15) is 12.5 Å². The van der Waals surface area contributed by atoms with Crippen molar-refractivity contribution >= 4 is 17.7 Å². The van der Waals surface area contributed by atoms with Crippen molar-refractivity contribution in [1.29, 1.82) is 0 Å². The summed E-state index contributed by atoms with van der Waals surface area (Å²) in [5, 5.41) is 6.78. The minimum Gasteiger partial charge on any atom is -0.368 e. The Kier molecular flexibility index (Phi) is 4.49. The van der Waals surface area contributed by atoms with Crippen LogP contribution in [0.2, 0.25) is 0 Å². The summed E-state index contributed by atoms with van der Waals surface area (Å²) >= 11 is 1.22. The predicted octanol–water partition coefficient (Wildman–Crippen LogP) is 0.0229. The molecule has 1 heterocycles. The van der Waals surface area contributed by atoms with E-state index in [-0.39, 0.29) is 11.4 Å². The molecule has 1 aromatic heterocycles. The van der Waals surface area contributed by atoms with E-state index in [1.165, 1.54) is 16.3 Å². The first kappa shape index (κ1) is 15.3. The van der Waals surface area contributed by atoms with Crippen LogP contribution in [0, 0.1) is 0 Å². The van der Waals surface area contributed by atoms with Crippen molar-refractivity contribution < 1.29 is 4.79 Å². The number of amides is 1. The van der Waals surface area contributed by atoms with Crippen LogP contribution in [0.15, 0.2) is 40.3 Å². The van der Waals surface area contributed by atoms with Gasteiger partial charge in [-0.2, -0.15) is 0 Å². The number of hydrogen-bond acceptors (Lipinski definition) is 5. The van der Waals surface area contributed by atoms with Crippen molar-refractivity contribution in [2.45, 2.75) is 24.2 Å². The summed E-state index contributed by atoms with van der Waals surface area (Å²) in [6, 6.07) is 8.92. The summed E-state index contributed by atoms with van der Waals surface area (Å²) in [7, 11) is 0. The molecule has 1 amide bonds. The highest BCUT2D eigenvalue weighted by Gasteiger charge is 2.34. The molecule has 7 nitrogen and oxygen atoms in total. The third kappa shape index (κ3) is 3.01. The van der Waals surface area contributed by atoms with Crippen molar-refractivity contribution in [3.63, 3.8) is 0 Å². The third-order valence-electron chi connectivity index (χ3n) is 3.20. The first-order valence-corrected chi connectivity index (χ1v) is 7.40. The highest BCUT2D eigenvalue weighted by Crippen LogP contribution is 2.26. The number of rotatable bonds is 6. The second-order valence-electron chi connectivity index (χ2n) is 4.55. The number of thioether (sulfide) groups is 1. The van der Waals surface area contributed by atoms with Gasteiger partial charge < -0.3 is 11.5 Å². The molecular weight excluding hydrogens is 290 g/mol. The first-order valence-electron chi connectivity index (χ1n) is 6.41. The molecule has 0 saturated heterocycles. The molecule has 112 valence electrons. The van der Waals surface area contributed by atoms with Crippen molar-refractivity contribution in [2.24, 2.45) is 11.5 Å². The van der Waals surface area contributed by atoms with E-state index in [0.717, 1.165) is 0 Å². The molecule has 1 aromatic carbocycles. The molecule has 2 rings (SSSR count). The number of H-pyrrole nitrogens is 1. The molecule has 8 heteroatoms. The molecule has 2 aromatic rings. The molecule has 1 unspecified atom stereocenters. The predicted molar refractivity (Wildman–Crippen MR) is 80.7 cm³/mol. The Morgan fingerprint density at radius 2 is 2.10 bits per heavy atom. The Bertz CT molecular complexity index is 681. The fourth-order valence-electron chi connectivity index (χ4n) is 1.90. The average molecular weight is 307 g/mol. The van der Waals surface area contributed by atoms with E-state index in [2.05, 4.69) is 10.2 Å². The number of primary amides is 1. The number of aromatic nitrogens is 3. The second kappa shape index (κ2) is 6.15. The molecular formula is C13H17N5O2S. The largest absolute Gasteiger partial charge is 0.368 e. The van der Waals surface area contributed by atoms with Gasteiger partial charge in [-0.3, -0.25) is 9.36 Å². The first-order chi connectivity index (χ1) is 9.99. The van der Waals surface area contributed by atoms with E-state index < -0.39 is 11.4 Å². The molecule has 21 heavy (non-hydrogen) atoms. The summed E-state index contributed by atoms with van der Waals surface area (Å²) in [6.45, 7) is 2.32. The van der Waals surface area contributed by atoms with Gasteiger partial charge in [0.05, 0.1) is 0 Å². The van der Waals surface area contributed by atoms with Crippen molar-refractivity contribution in [1.82, 2.24) is 14.8 Å². The van der Waals surface area contributed by atoms with Gasteiger partial charge in [-0.05, 0) is 12.5 Å². The van der Waals surface area contributed by atoms with E-state index in [1.807, 2.05) is 13.0 Å². The van der Waals surface area contributed by atoms with Gasteiger partial charge >= 0.3 is 5.69 Å². The Morgan fingerprint density at radius 1 is 1.43 bits per heavy atom. The summed E-state index contributed by atoms with van der Waals surface area (Å²) in [6.07, 6.45) is 0. The number of aromatic amines is 1. The smallest absolute Gasteiger partial charge is 0.343 e. The Hall–Kier alpha value is -2.06. The third-order valence-corrected chi connectivity index (χ3v) is 4.37. The van der Waals surface area contributed by atoms with Gasteiger partial charge in [-0.25, -0.2) is 9.89 Å². The van der Waals surface area contributed by atoms with Crippen LogP contribution < -0.4 is 17.2 Å². The molecule has 0 bridgehead atoms. The summed E-state index contributed by atoms with van der Waals surface area (Å²) in [5.74, 6) is -0.432. The lowest BCUT2D eigenvalue weighted by Gasteiger charge is -2.25. The lowest BCUT2D eigenvalue weighted by molar-refractivity contribution is -0.122. The van der Waals surface area contributed by atoms with Gasteiger partial charge in [0.15, 0.2) is 5.16 Å². The van der Waals surface area contributed by atoms with E-state index in [0.29, 0.717) is 17.3 Å². The van der Waals surface area contributed by atoms with Crippen molar-refractivity contribution in [3.05, 3.63) is 46.4 Å². The van der Waals surface area contributed by atoms with E-state index in [1.54, 1.807) is 24.3 Å². The van der Waals surface area contributed by atoms with E-state index in [9.17, 15) is 9.59 Å². The molecule has 0 aliphatic heterocycles. The zero-order valence-electron chi connectivity index (χ0n) is 11.6. The number of carbonyl (C=O) groups is 1. The van der Waals surface area contributed by atoms with Gasteiger partial charge in [0, 0.05) is 12.3 Å². The Labute approximate surface area is 125 Å². The maximum Gasteiger partial charge on any atom is 0.343 e. The van der Waals surface area contributed by atoms with Crippen LogP contribution in [0.5, 0.6) is 0 Å².